The van der Waals surface area contributed by atoms with Gasteiger partial charge in [0.15, 0.2) is 0 Å². The number of hydrogen-bond donors (Lipinski definition) is 1. The summed E-state index contributed by atoms with van der Waals surface area (Å²) in [5.74, 6) is -0.659. The number of aromatic nitrogens is 2. The minimum absolute atomic E-state index is 0.0456. The third-order valence-corrected chi connectivity index (χ3v) is 4.56. The molecule has 0 radical (unpaired) electrons. The maximum absolute atomic E-state index is 12.3. The second-order valence-corrected chi connectivity index (χ2v) is 6.04. The standard InChI is InChI=1S/C13H15N3O3S/c1-9-12(10(2)16(3)14-9)20(18,19)15-13(17)11-7-5-4-6-8-11/h4-8H,1-3H3,(H,15,17). The fraction of sp³-hybridized carbons (Fsp3) is 0.231. The second kappa shape index (κ2) is 5.09. The monoisotopic (exact) mass is 293 g/mol. The zero-order valence-electron chi connectivity index (χ0n) is 11.4. The number of hydrogen-bond acceptors (Lipinski definition) is 4. The van der Waals surface area contributed by atoms with Crippen molar-refractivity contribution in [2.45, 2.75) is 18.7 Å². The van der Waals surface area contributed by atoms with Gasteiger partial charge in [-0.05, 0) is 26.0 Å². The first kappa shape index (κ1) is 14.3. The van der Waals surface area contributed by atoms with Gasteiger partial charge >= 0.3 is 0 Å². The molecule has 0 spiro atoms. The van der Waals surface area contributed by atoms with Gasteiger partial charge in [-0.25, -0.2) is 13.1 Å². The molecule has 6 nitrogen and oxygen atoms in total. The predicted molar refractivity (Wildman–Crippen MR) is 73.8 cm³/mol. The zero-order valence-corrected chi connectivity index (χ0v) is 12.2. The Bertz CT molecular complexity index is 749. The fourth-order valence-electron chi connectivity index (χ4n) is 1.96. The van der Waals surface area contributed by atoms with E-state index in [0.717, 1.165) is 0 Å². The van der Waals surface area contributed by atoms with Crippen molar-refractivity contribution in [1.29, 1.82) is 0 Å². The van der Waals surface area contributed by atoms with Crippen LogP contribution in [0.25, 0.3) is 0 Å². The van der Waals surface area contributed by atoms with E-state index in [9.17, 15) is 13.2 Å². The summed E-state index contributed by atoms with van der Waals surface area (Å²) >= 11 is 0. The van der Waals surface area contributed by atoms with Gasteiger partial charge in [0.05, 0.1) is 11.4 Å². The van der Waals surface area contributed by atoms with Gasteiger partial charge < -0.3 is 0 Å². The lowest BCUT2D eigenvalue weighted by Gasteiger charge is -2.07. The summed E-state index contributed by atoms with van der Waals surface area (Å²) in [5.41, 5.74) is 1.13. The Hall–Kier alpha value is -2.15. The van der Waals surface area contributed by atoms with Gasteiger partial charge in [-0.1, -0.05) is 18.2 Å². The van der Waals surface area contributed by atoms with Crippen molar-refractivity contribution in [1.82, 2.24) is 14.5 Å². The highest BCUT2D eigenvalue weighted by Crippen LogP contribution is 2.18. The van der Waals surface area contributed by atoms with E-state index in [4.69, 9.17) is 0 Å². The normalized spacial score (nSPS) is 11.3. The maximum Gasteiger partial charge on any atom is 0.267 e. The molecule has 0 atom stereocenters. The molecule has 0 fully saturated rings. The van der Waals surface area contributed by atoms with Crippen LogP contribution in [0.3, 0.4) is 0 Å². The van der Waals surface area contributed by atoms with Crippen molar-refractivity contribution in [3.05, 3.63) is 47.3 Å². The van der Waals surface area contributed by atoms with Crippen molar-refractivity contribution in [3.8, 4) is 0 Å². The summed E-state index contributed by atoms with van der Waals surface area (Å²) in [5, 5.41) is 4.04. The van der Waals surface area contributed by atoms with Crippen molar-refractivity contribution < 1.29 is 13.2 Å². The minimum atomic E-state index is -3.93. The molecule has 1 amide bonds. The minimum Gasteiger partial charge on any atom is -0.271 e. The highest BCUT2D eigenvalue weighted by Gasteiger charge is 2.26. The number of amides is 1. The van der Waals surface area contributed by atoms with Gasteiger partial charge in [-0.15, -0.1) is 0 Å². The quantitative estimate of drug-likeness (QED) is 0.920. The Morgan fingerprint density at radius 3 is 2.30 bits per heavy atom. The second-order valence-electron chi connectivity index (χ2n) is 4.42. The fourth-order valence-corrected chi connectivity index (χ4v) is 3.38. The number of aryl methyl sites for hydroxylation is 2. The molecule has 1 heterocycles. The van der Waals surface area contributed by atoms with Crippen LogP contribution in [-0.4, -0.2) is 24.1 Å². The summed E-state index contributed by atoms with van der Waals surface area (Å²) in [4.78, 5) is 12.0. The highest BCUT2D eigenvalue weighted by molar-refractivity contribution is 7.90. The molecule has 1 N–H and O–H groups in total. The van der Waals surface area contributed by atoms with E-state index in [1.807, 2.05) is 0 Å². The number of nitrogens with zero attached hydrogens (tertiary/aromatic N) is 2. The van der Waals surface area contributed by atoms with E-state index >= 15 is 0 Å². The highest BCUT2D eigenvalue weighted by atomic mass is 32.2. The molecule has 0 saturated carbocycles. The molecule has 2 aromatic rings. The topological polar surface area (TPSA) is 81.1 Å². The first-order valence-corrected chi connectivity index (χ1v) is 7.43. The summed E-state index contributed by atoms with van der Waals surface area (Å²) in [6, 6.07) is 8.19. The number of rotatable bonds is 3. The Balaban J connectivity index is 2.35. The van der Waals surface area contributed by atoms with E-state index in [0.29, 0.717) is 11.4 Å². The molecule has 0 saturated heterocycles. The number of benzene rings is 1. The van der Waals surface area contributed by atoms with Crippen molar-refractivity contribution in [2.75, 3.05) is 0 Å². The molecule has 2 rings (SSSR count). The molecule has 106 valence electrons. The van der Waals surface area contributed by atoms with Crippen LogP contribution in [0, 0.1) is 13.8 Å². The Morgan fingerprint density at radius 2 is 1.80 bits per heavy atom. The lowest BCUT2D eigenvalue weighted by atomic mass is 10.2. The first-order chi connectivity index (χ1) is 9.33. The van der Waals surface area contributed by atoms with Crippen LogP contribution < -0.4 is 4.72 Å². The van der Waals surface area contributed by atoms with Crippen LogP contribution in [0.4, 0.5) is 0 Å². The number of carbonyl (C=O) groups excluding carboxylic acids is 1. The van der Waals surface area contributed by atoms with Crippen LogP contribution in [0.5, 0.6) is 0 Å². The van der Waals surface area contributed by atoms with E-state index < -0.39 is 15.9 Å². The first-order valence-electron chi connectivity index (χ1n) is 5.95. The molecule has 0 aliphatic carbocycles. The molecule has 7 heteroatoms. The van der Waals surface area contributed by atoms with Gasteiger partial charge in [0.1, 0.15) is 4.90 Å². The smallest absolute Gasteiger partial charge is 0.267 e. The van der Waals surface area contributed by atoms with E-state index in [2.05, 4.69) is 9.82 Å². The molecular weight excluding hydrogens is 278 g/mol. The molecule has 1 aromatic heterocycles. The van der Waals surface area contributed by atoms with E-state index in [1.54, 1.807) is 51.2 Å². The van der Waals surface area contributed by atoms with E-state index in [1.165, 1.54) is 4.68 Å². The van der Waals surface area contributed by atoms with Gasteiger partial charge in [0.25, 0.3) is 15.9 Å². The summed E-state index contributed by atoms with van der Waals surface area (Å²) in [6.45, 7) is 3.23. The molecule has 0 bridgehead atoms. The average molecular weight is 293 g/mol. The summed E-state index contributed by atoms with van der Waals surface area (Å²) in [7, 11) is -2.28. The van der Waals surface area contributed by atoms with Crippen LogP contribution in [0.1, 0.15) is 21.7 Å². The van der Waals surface area contributed by atoms with Crippen molar-refractivity contribution in [2.24, 2.45) is 7.05 Å². The van der Waals surface area contributed by atoms with Gasteiger partial charge in [-0.3, -0.25) is 9.48 Å². The Labute approximate surface area is 117 Å². The molecule has 1 aromatic carbocycles. The molecule has 0 aliphatic heterocycles. The third-order valence-electron chi connectivity index (χ3n) is 2.97. The summed E-state index contributed by atoms with van der Waals surface area (Å²) < 4.78 is 28.1. The zero-order chi connectivity index (χ0) is 14.9. The van der Waals surface area contributed by atoms with Gasteiger partial charge in [0.2, 0.25) is 0 Å². The lowest BCUT2D eigenvalue weighted by Crippen LogP contribution is -2.31. The SMILES string of the molecule is Cc1nn(C)c(C)c1S(=O)(=O)NC(=O)c1ccccc1. The lowest BCUT2D eigenvalue weighted by molar-refractivity contribution is 0.0981. The molecular formula is C13H15N3O3S. The third kappa shape index (κ3) is 2.57. The maximum atomic E-state index is 12.3. The molecule has 20 heavy (non-hydrogen) atoms. The van der Waals surface area contributed by atoms with Crippen LogP contribution >= 0.6 is 0 Å². The van der Waals surface area contributed by atoms with Crippen molar-refractivity contribution in [3.63, 3.8) is 0 Å². The number of sulfonamides is 1. The Morgan fingerprint density at radius 1 is 1.20 bits per heavy atom. The van der Waals surface area contributed by atoms with Crippen LogP contribution in [0.15, 0.2) is 35.2 Å². The van der Waals surface area contributed by atoms with E-state index in [-0.39, 0.29) is 10.5 Å². The Kier molecular flexibility index (Phi) is 3.63. The van der Waals surface area contributed by atoms with Gasteiger partial charge in [0, 0.05) is 12.6 Å². The summed E-state index contributed by atoms with van der Waals surface area (Å²) in [6.07, 6.45) is 0. The number of nitrogens with one attached hydrogen (secondary N) is 1. The van der Waals surface area contributed by atoms with Crippen molar-refractivity contribution >= 4 is 15.9 Å². The number of carbonyl (C=O) groups is 1. The van der Waals surface area contributed by atoms with Crippen LogP contribution in [-0.2, 0) is 17.1 Å². The predicted octanol–water partition coefficient (Wildman–Crippen LogP) is 1.16. The average Bonchev–Trinajstić information content (AvgIpc) is 2.64. The largest absolute Gasteiger partial charge is 0.271 e. The van der Waals surface area contributed by atoms with Crippen LogP contribution in [0.2, 0.25) is 0 Å². The molecule has 0 unspecified atom stereocenters. The molecule has 0 aliphatic rings. The van der Waals surface area contributed by atoms with Gasteiger partial charge in [-0.2, -0.15) is 5.10 Å².